The molecule has 0 unspecified atom stereocenters. The van der Waals surface area contributed by atoms with Crippen molar-refractivity contribution in [1.82, 2.24) is 9.88 Å². The van der Waals surface area contributed by atoms with E-state index in [-0.39, 0.29) is 11.6 Å². The van der Waals surface area contributed by atoms with Crippen molar-refractivity contribution in [2.45, 2.75) is 25.2 Å². The lowest BCUT2D eigenvalue weighted by molar-refractivity contribution is -0.143. The van der Waals surface area contributed by atoms with E-state index in [0.29, 0.717) is 34.9 Å². The maximum atomic E-state index is 13.2. The van der Waals surface area contributed by atoms with Crippen molar-refractivity contribution in [1.29, 1.82) is 0 Å². The molecule has 4 rings (SSSR count). The zero-order chi connectivity index (χ0) is 27.3. The Bertz CT molecular complexity index is 1250. The number of nitrogens with one attached hydrogen (secondary N) is 1. The summed E-state index contributed by atoms with van der Waals surface area (Å²) in [6.07, 6.45) is -5.35. The first-order valence-electron chi connectivity index (χ1n) is 12.1. The summed E-state index contributed by atoms with van der Waals surface area (Å²) in [6.45, 7) is 4.98. The number of rotatable bonds is 8. The molecule has 38 heavy (non-hydrogen) atoms. The average molecular weight is 558 g/mol. The Labute approximate surface area is 221 Å². The maximum Gasteiger partial charge on any atom is 0.416 e. The molecule has 0 aliphatic carbocycles. The van der Waals surface area contributed by atoms with Crippen molar-refractivity contribution in [3.8, 4) is 0 Å². The Balaban J connectivity index is 1.54. The lowest BCUT2D eigenvalue weighted by Crippen LogP contribution is -2.36. The molecule has 0 spiro atoms. The molecule has 0 amide bonds. The number of benzene rings is 2. The first-order valence-corrected chi connectivity index (χ1v) is 12.5. The van der Waals surface area contributed by atoms with Crippen LogP contribution in [0.25, 0.3) is 23.1 Å². The molecule has 11 heteroatoms. The largest absolute Gasteiger partial charge is 0.416 e. The zero-order valence-corrected chi connectivity index (χ0v) is 21.1. The first kappa shape index (κ1) is 28.2. The zero-order valence-electron chi connectivity index (χ0n) is 20.3. The molecule has 2 heterocycles. The van der Waals surface area contributed by atoms with Crippen LogP contribution in [-0.2, 0) is 17.1 Å². The van der Waals surface area contributed by atoms with Gasteiger partial charge in [-0.2, -0.15) is 26.3 Å². The van der Waals surface area contributed by atoms with E-state index < -0.39 is 23.5 Å². The predicted molar refractivity (Wildman–Crippen MR) is 137 cm³/mol. The highest BCUT2D eigenvalue weighted by atomic mass is 35.5. The van der Waals surface area contributed by atoms with Crippen LogP contribution in [-0.4, -0.2) is 49.3 Å². The van der Waals surface area contributed by atoms with Crippen LogP contribution < -0.4 is 5.32 Å². The number of halogens is 7. The van der Waals surface area contributed by atoms with Crippen molar-refractivity contribution in [2.75, 3.05) is 44.7 Å². The second kappa shape index (κ2) is 11.9. The third-order valence-electron chi connectivity index (χ3n) is 6.17. The van der Waals surface area contributed by atoms with Crippen LogP contribution in [0.5, 0.6) is 0 Å². The third-order valence-corrected chi connectivity index (χ3v) is 6.40. The van der Waals surface area contributed by atoms with E-state index in [2.05, 4.69) is 15.2 Å². The molecule has 4 nitrogen and oxygen atoms in total. The minimum absolute atomic E-state index is 0.108. The number of nitrogens with zero attached hydrogens (tertiary/aromatic N) is 2. The minimum atomic E-state index is -4.91. The topological polar surface area (TPSA) is 37.4 Å². The number of unbranched alkanes of at least 4 members (excludes halogenated alkanes) is 1. The van der Waals surface area contributed by atoms with Gasteiger partial charge >= 0.3 is 12.4 Å². The van der Waals surface area contributed by atoms with Gasteiger partial charge in [-0.3, -0.25) is 4.90 Å². The molecule has 2 aromatic carbocycles. The molecule has 1 saturated heterocycles. The Morgan fingerprint density at radius 2 is 1.58 bits per heavy atom. The van der Waals surface area contributed by atoms with Crippen molar-refractivity contribution < 1.29 is 31.1 Å². The molecule has 1 aliphatic heterocycles. The number of hydrogen-bond donors (Lipinski definition) is 1. The van der Waals surface area contributed by atoms with Gasteiger partial charge in [0.15, 0.2) is 0 Å². The number of fused-ring (bicyclic) bond motifs is 1. The minimum Gasteiger partial charge on any atom is -0.384 e. The van der Waals surface area contributed by atoms with E-state index in [1.165, 1.54) is 12.2 Å². The lowest BCUT2D eigenvalue weighted by Gasteiger charge is -2.26. The maximum absolute atomic E-state index is 13.2. The van der Waals surface area contributed by atoms with Gasteiger partial charge in [0, 0.05) is 35.7 Å². The van der Waals surface area contributed by atoms with Gasteiger partial charge in [0.1, 0.15) is 0 Å². The van der Waals surface area contributed by atoms with E-state index in [4.69, 9.17) is 16.3 Å². The molecular formula is C27H26ClF6N3O. The van der Waals surface area contributed by atoms with Crippen LogP contribution in [0.15, 0.2) is 42.5 Å². The number of anilines is 1. The summed E-state index contributed by atoms with van der Waals surface area (Å²) < 4.78 is 84.6. The van der Waals surface area contributed by atoms with Gasteiger partial charge in [-0.25, -0.2) is 4.98 Å². The smallest absolute Gasteiger partial charge is 0.384 e. The van der Waals surface area contributed by atoms with E-state index in [0.717, 1.165) is 56.8 Å². The number of ether oxygens (including phenoxy) is 1. The molecular weight excluding hydrogens is 532 g/mol. The number of pyridine rings is 1. The second-order valence-corrected chi connectivity index (χ2v) is 9.45. The average Bonchev–Trinajstić information content (AvgIpc) is 2.87. The SMILES string of the molecule is FC(F)(F)c1cc(/C=C/c2cc(NCCCCN3CCOCC3)c3cc(Cl)ccc3n2)cc(C(F)(F)F)c1. The Hall–Kier alpha value is -2.82. The van der Waals surface area contributed by atoms with Gasteiger partial charge in [-0.15, -0.1) is 0 Å². The van der Waals surface area contributed by atoms with Gasteiger partial charge in [-0.05, 0) is 73.5 Å². The number of alkyl halides is 6. The third kappa shape index (κ3) is 7.61. The molecule has 3 aromatic rings. The van der Waals surface area contributed by atoms with E-state index in [1.54, 1.807) is 24.3 Å². The van der Waals surface area contributed by atoms with Gasteiger partial charge < -0.3 is 10.1 Å². The standard InChI is InChI=1S/C27H26ClF6N3O/c28-21-4-6-24-23(16-21)25(35-7-1-2-8-37-9-11-38-12-10-37)17-22(36-24)5-3-18-13-19(26(29,30)31)15-20(14-18)27(32,33)34/h3-6,13-17H,1-2,7-12H2,(H,35,36)/b5-3+. The highest BCUT2D eigenvalue weighted by Crippen LogP contribution is 2.37. The molecule has 0 atom stereocenters. The molecule has 1 aliphatic rings. The molecule has 0 radical (unpaired) electrons. The summed E-state index contributed by atoms with van der Waals surface area (Å²) in [5, 5.41) is 4.66. The highest BCUT2D eigenvalue weighted by Gasteiger charge is 2.36. The van der Waals surface area contributed by atoms with E-state index >= 15 is 0 Å². The fourth-order valence-corrected chi connectivity index (χ4v) is 4.39. The molecule has 204 valence electrons. The number of aromatic nitrogens is 1. The molecule has 0 bridgehead atoms. The van der Waals surface area contributed by atoms with Crippen LogP contribution in [0.4, 0.5) is 32.0 Å². The predicted octanol–water partition coefficient (Wildman–Crippen LogP) is 7.62. The molecule has 1 fully saturated rings. The van der Waals surface area contributed by atoms with Crippen molar-refractivity contribution in [3.05, 3.63) is 69.9 Å². The highest BCUT2D eigenvalue weighted by molar-refractivity contribution is 6.31. The number of morpholine rings is 1. The number of hydrogen-bond acceptors (Lipinski definition) is 4. The summed E-state index contributed by atoms with van der Waals surface area (Å²) in [4.78, 5) is 6.84. The van der Waals surface area contributed by atoms with Crippen LogP contribution in [0.2, 0.25) is 5.02 Å². The van der Waals surface area contributed by atoms with Crippen LogP contribution in [0.3, 0.4) is 0 Å². The Morgan fingerprint density at radius 3 is 2.24 bits per heavy atom. The summed E-state index contributed by atoms with van der Waals surface area (Å²) in [5.74, 6) is 0. The lowest BCUT2D eigenvalue weighted by atomic mass is 10.0. The molecule has 0 saturated carbocycles. The monoisotopic (exact) mass is 557 g/mol. The van der Waals surface area contributed by atoms with E-state index in [1.807, 2.05) is 0 Å². The molecule has 1 N–H and O–H groups in total. The van der Waals surface area contributed by atoms with Gasteiger partial charge in [0.2, 0.25) is 0 Å². The normalized spacial score (nSPS) is 15.4. The fourth-order valence-electron chi connectivity index (χ4n) is 4.22. The summed E-state index contributed by atoms with van der Waals surface area (Å²) in [6, 6.07) is 8.31. The molecule has 1 aromatic heterocycles. The summed E-state index contributed by atoms with van der Waals surface area (Å²) in [5.41, 5.74) is -1.28. The summed E-state index contributed by atoms with van der Waals surface area (Å²) in [7, 11) is 0. The van der Waals surface area contributed by atoms with Crippen LogP contribution in [0, 0.1) is 0 Å². The van der Waals surface area contributed by atoms with Crippen LogP contribution in [0.1, 0.15) is 35.2 Å². The first-order chi connectivity index (χ1) is 18.0. The van der Waals surface area contributed by atoms with Gasteiger partial charge in [0.25, 0.3) is 0 Å². The van der Waals surface area contributed by atoms with Gasteiger partial charge in [0.05, 0.1) is 35.6 Å². The van der Waals surface area contributed by atoms with Crippen molar-refractivity contribution in [2.24, 2.45) is 0 Å². The summed E-state index contributed by atoms with van der Waals surface area (Å²) >= 11 is 6.18. The fraction of sp³-hybridized carbons (Fsp3) is 0.370. The van der Waals surface area contributed by atoms with Crippen LogP contribution >= 0.6 is 11.6 Å². The second-order valence-electron chi connectivity index (χ2n) is 9.02. The van der Waals surface area contributed by atoms with E-state index in [9.17, 15) is 26.3 Å². The quantitative estimate of drug-likeness (QED) is 0.228. The Morgan fingerprint density at radius 1 is 0.895 bits per heavy atom. The Kier molecular flexibility index (Phi) is 8.85. The van der Waals surface area contributed by atoms with Crippen molar-refractivity contribution >= 4 is 40.3 Å². The van der Waals surface area contributed by atoms with Crippen molar-refractivity contribution in [3.63, 3.8) is 0 Å². The van der Waals surface area contributed by atoms with Gasteiger partial charge in [-0.1, -0.05) is 17.7 Å².